The smallest absolute Gasteiger partial charge is 0.203 e. The van der Waals surface area contributed by atoms with Gasteiger partial charge in [0.15, 0.2) is 0 Å². The summed E-state index contributed by atoms with van der Waals surface area (Å²) in [5, 5.41) is 9.41. The van der Waals surface area contributed by atoms with Crippen molar-refractivity contribution in [1.82, 2.24) is 15.1 Å². The maximum atomic E-state index is 5.67. The molecule has 0 unspecified atom stereocenters. The Bertz CT molecular complexity index is 713. The van der Waals surface area contributed by atoms with Crippen molar-refractivity contribution >= 4 is 22.0 Å². The monoisotopic (exact) mass is 340 g/mol. The number of nitrogen functional groups attached to an aromatic ring is 1. The van der Waals surface area contributed by atoms with Crippen LogP contribution in [0, 0.1) is 0 Å². The molecule has 0 saturated heterocycles. The minimum absolute atomic E-state index is 0.520. The van der Waals surface area contributed by atoms with Crippen molar-refractivity contribution in [2.45, 2.75) is 44.6 Å². The normalized spacial score (nSPS) is 20.1. The molecule has 2 heterocycles. The van der Waals surface area contributed by atoms with Crippen molar-refractivity contribution in [2.75, 3.05) is 18.8 Å². The molecule has 4 nitrogen and oxygen atoms in total. The van der Waals surface area contributed by atoms with Crippen LogP contribution >= 0.6 is 11.3 Å². The van der Waals surface area contributed by atoms with E-state index in [2.05, 4.69) is 45.4 Å². The minimum Gasteiger partial charge on any atom is -0.374 e. The fraction of sp³-hybridized carbons (Fsp3) is 0.474. The van der Waals surface area contributed by atoms with E-state index in [0.29, 0.717) is 5.13 Å². The van der Waals surface area contributed by atoms with Crippen molar-refractivity contribution in [2.24, 2.45) is 0 Å². The number of benzene rings is 1. The van der Waals surface area contributed by atoms with Gasteiger partial charge in [0.1, 0.15) is 5.01 Å². The molecule has 0 bridgehead atoms. The number of aromatic nitrogens is 2. The largest absolute Gasteiger partial charge is 0.374 e. The number of anilines is 1. The summed E-state index contributed by atoms with van der Waals surface area (Å²) in [6.07, 6.45) is 10.6. The quantitative estimate of drug-likeness (QED) is 0.909. The average Bonchev–Trinajstić information content (AvgIpc) is 3.09. The first-order chi connectivity index (χ1) is 11.8. The Morgan fingerprint density at radius 1 is 1.00 bits per heavy atom. The molecule has 2 N–H and O–H groups in total. The van der Waals surface area contributed by atoms with Crippen molar-refractivity contribution in [3.8, 4) is 10.6 Å². The topological polar surface area (TPSA) is 55.0 Å². The highest BCUT2D eigenvalue weighted by molar-refractivity contribution is 7.18. The van der Waals surface area contributed by atoms with Gasteiger partial charge in [-0.25, -0.2) is 0 Å². The van der Waals surface area contributed by atoms with Gasteiger partial charge in [-0.2, -0.15) is 0 Å². The van der Waals surface area contributed by atoms with Crippen molar-refractivity contribution in [1.29, 1.82) is 0 Å². The van der Waals surface area contributed by atoms with Gasteiger partial charge in [0.2, 0.25) is 5.13 Å². The van der Waals surface area contributed by atoms with Gasteiger partial charge in [0.05, 0.1) is 0 Å². The van der Waals surface area contributed by atoms with Crippen LogP contribution in [0.5, 0.6) is 0 Å². The lowest BCUT2D eigenvalue weighted by molar-refractivity contribution is 0.171. The summed E-state index contributed by atoms with van der Waals surface area (Å²) in [6.45, 7) is 2.31. The van der Waals surface area contributed by atoms with E-state index < -0.39 is 0 Å². The maximum absolute atomic E-state index is 5.67. The summed E-state index contributed by atoms with van der Waals surface area (Å²) in [4.78, 5) is 2.68. The Kier molecular flexibility index (Phi) is 4.63. The van der Waals surface area contributed by atoms with Crippen LogP contribution in [0.15, 0.2) is 30.3 Å². The van der Waals surface area contributed by atoms with Gasteiger partial charge < -0.3 is 5.73 Å². The van der Waals surface area contributed by atoms with E-state index in [4.69, 9.17) is 5.73 Å². The highest BCUT2D eigenvalue weighted by Crippen LogP contribution is 2.30. The second kappa shape index (κ2) is 7.03. The predicted octanol–water partition coefficient (Wildman–Crippen LogP) is 4.21. The Labute approximate surface area is 147 Å². The van der Waals surface area contributed by atoms with Crippen LogP contribution in [-0.4, -0.2) is 34.2 Å². The average molecular weight is 340 g/mol. The molecule has 5 heteroatoms. The van der Waals surface area contributed by atoms with Crippen LogP contribution in [0.4, 0.5) is 5.13 Å². The summed E-state index contributed by atoms with van der Waals surface area (Å²) in [6, 6.07) is 9.49. The highest BCUT2D eigenvalue weighted by atomic mass is 32.1. The fourth-order valence-electron chi connectivity index (χ4n) is 3.90. The standard InChI is InChI=1S/C19H24N4S/c20-19-22-21-18(24-19)16-8-6-14(7-9-16)15-10-12-23(13-11-15)17-4-2-1-3-5-17/h6-10,17H,1-5,11-13H2,(H2,20,22). The molecular formula is C19H24N4S. The molecule has 1 aromatic heterocycles. The van der Waals surface area contributed by atoms with Crippen LogP contribution in [-0.2, 0) is 0 Å². The lowest BCUT2D eigenvalue weighted by atomic mass is 9.92. The molecule has 2 aromatic rings. The molecule has 0 atom stereocenters. The molecule has 1 aromatic carbocycles. The van der Waals surface area contributed by atoms with Gasteiger partial charge in [-0.05, 0) is 30.4 Å². The Balaban J connectivity index is 1.43. The molecule has 1 fully saturated rings. The van der Waals surface area contributed by atoms with Crippen molar-refractivity contribution in [3.63, 3.8) is 0 Å². The van der Waals surface area contributed by atoms with Crippen molar-refractivity contribution < 1.29 is 0 Å². The number of rotatable bonds is 3. The number of hydrogen-bond donors (Lipinski definition) is 1. The lowest BCUT2D eigenvalue weighted by Crippen LogP contribution is -2.39. The zero-order valence-electron chi connectivity index (χ0n) is 13.9. The van der Waals surface area contributed by atoms with Crippen LogP contribution in [0.3, 0.4) is 0 Å². The van der Waals surface area contributed by atoms with Crippen LogP contribution in [0.25, 0.3) is 16.1 Å². The Morgan fingerprint density at radius 2 is 1.75 bits per heavy atom. The predicted molar refractivity (Wildman–Crippen MR) is 101 cm³/mol. The highest BCUT2D eigenvalue weighted by Gasteiger charge is 2.22. The number of hydrogen-bond acceptors (Lipinski definition) is 5. The first-order valence-electron chi connectivity index (χ1n) is 8.92. The van der Waals surface area contributed by atoms with E-state index in [1.54, 1.807) is 0 Å². The van der Waals surface area contributed by atoms with E-state index in [-0.39, 0.29) is 0 Å². The SMILES string of the molecule is Nc1nnc(-c2ccc(C3=CCN(C4CCCCC4)CC3)cc2)s1. The number of nitrogens with two attached hydrogens (primary N) is 1. The van der Waals surface area contributed by atoms with Gasteiger partial charge in [0.25, 0.3) is 0 Å². The zero-order chi connectivity index (χ0) is 16.4. The molecule has 24 heavy (non-hydrogen) atoms. The molecule has 1 aliphatic heterocycles. The summed E-state index contributed by atoms with van der Waals surface area (Å²) in [7, 11) is 0. The molecule has 126 valence electrons. The third-order valence-electron chi connectivity index (χ3n) is 5.27. The van der Waals surface area contributed by atoms with Crippen LogP contribution < -0.4 is 5.73 Å². The first kappa shape index (κ1) is 15.8. The Hall–Kier alpha value is -1.72. The fourth-order valence-corrected chi connectivity index (χ4v) is 4.52. The summed E-state index contributed by atoms with van der Waals surface area (Å²) < 4.78 is 0. The van der Waals surface area contributed by atoms with Gasteiger partial charge >= 0.3 is 0 Å². The van der Waals surface area contributed by atoms with Gasteiger partial charge in [-0.15, -0.1) is 10.2 Å². The first-order valence-corrected chi connectivity index (χ1v) is 9.74. The molecule has 0 amide bonds. The van der Waals surface area contributed by atoms with Gasteiger partial charge in [0, 0.05) is 24.7 Å². The molecule has 1 aliphatic carbocycles. The third kappa shape index (κ3) is 3.37. The maximum Gasteiger partial charge on any atom is 0.203 e. The van der Waals surface area contributed by atoms with Crippen LogP contribution in [0.2, 0.25) is 0 Å². The summed E-state index contributed by atoms with van der Waals surface area (Å²) in [5.41, 5.74) is 9.57. The second-order valence-corrected chi connectivity index (χ2v) is 7.80. The lowest BCUT2D eigenvalue weighted by Gasteiger charge is -2.36. The van der Waals surface area contributed by atoms with Crippen LogP contribution in [0.1, 0.15) is 44.1 Å². The molecule has 4 rings (SSSR count). The summed E-state index contributed by atoms with van der Waals surface area (Å²) in [5.74, 6) is 0. The zero-order valence-corrected chi connectivity index (χ0v) is 14.8. The Morgan fingerprint density at radius 3 is 2.38 bits per heavy atom. The molecular weight excluding hydrogens is 316 g/mol. The van der Waals surface area contributed by atoms with E-state index in [9.17, 15) is 0 Å². The minimum atomic E-state index is 0.520. The number of nitrogens with zero attached hydrogens (tertiary/aromatic N) is 3. The van der Waals surface area contributed by atoms with E-state index in [1.165, 1.54) is 61.1 Å². The second-order valence-electron chi connectivity index (χ2n) is 6.79. The van der Waals surface area contributed by atoms with E-state index in [0.717, 1.165) is 29.6 Å². The van der Waals surface area contributed by atoms with Gasteiger partial charge in [-0.3, -0.25) is 4.90 Å². The van der Waals surface area contributed by atoms with E-state index >= 15 is 0 Å². The van der Waals surface area contributed by atoms with Gasteiger partial charge in [-0.1, -0.05) is 60.9 Å². The van der Waals surface area contributed by atoms with Crippen molar-refractivity contribution in [3.05, 3.63) is 35.9 Å². The molecule has 0 radical (unpaired) electrons. The van der Waals surface area contributed by atoms with E-state index in [1.807, 2.05) is 0 Å². The molecule has 0 spiro atoms. The molecule has 2 aliphatic rings. The third-order valence-corrected chi connectivity index (χ3v) is 6.08. The summed E-state index contributed by atoms with van der Waals surface area (Å²) >= 11 is 1.43. The molecule has 1 saturated carbocycles.